The second-order valence-corrected chi connectivity index (χ2v) is 5.47. The van der Waals surface area contributed by atoms with Crippen LogP contribution in [0.4, 0.5) is 0 Å². The molecule has 2 heteroatoms. The van der Waals surface area contributed by atoms with Gasteiger partial charge in [0.05, 0.1) is 6.10 Å². The Bertz CT molecular complexity index is 241. The Morgan fingerprint density at radius 1 is 1.27 bits per heavy atom. The lowest BCUT2D eigenvalue weighted by molar-refractivity contribution is -0.138. The first-order valence-electron chi connectivity index (χ1n) is 6.62. The van der Waals surface area contributed by atoms with Crippen molar-refractivity contribution >= 4 is 0 Å². The highest BCUT2D eigenvalue weighted by Gasteiger charge is 2.56. The van der Waals surface area contributed by atoms with Gasteiger partial charge in [-0.2, -0.15) is 0 Å². The van der Waals surface area contributed by atoms with E-state index in [1.165, 1.54) is 44.9 Å². The molecule has 0 radical (unpaired) electrons. The summed E-state index contributed by atoms with van der Waals surface area (Å²) in [6, 6.07) is 0. The molecule has 2 nitrogen and oxygen atoms in total. The van der Waals surface area contributed by atoms with Crippen molar-refractivity contribution in [1.29, 1.82) is 0 Å². The zero-order chi connectivity index (χ0) is 10.3. The summed E-state index contributed by atoms with van der Waals surface area (Å²) < 4.78 is 11.8. The van der Waals surface area contributed by atoms with Gasteiger partial charge in [-0.1, -0.05) is 12.8 Å². The van der Waals surface area contributed by atoms with Crippen molar-refractivity contribution in [2.24, 2.45) is 11.3 Å². The minimum Gasteiger partial charge on any atom is -0.353 e. The molecule has 2 aliphatic carbocycles. The first-order valence-corrected chi connectivity index (χ1v) is 6.62. The van der Waals surface area contributed by atoms with Crippen LogP contribution in [0, 0.1) is 11.3 Å². The standard InChI is InChI=1S/C13H22O2/c1-2-14-12-9-13-8-4-6-10(13)5-3-7-11(13)15-12/h10-12H,2-9H2,1H3/t10-,11+,12?,13-/m0/s1. The number of rotatable bonds is 2. The van der Waals surface area contributed by atoms with Gasteiger partial charge in [0.2, 0.25) is 0 Å². The zero-order valence-electron chi connectivity index (χ0n) is 9.71. The summed E-state index contributed by atoms with van der Waals surface area (Å²) in [5.74, 6) is 0.946. The van der Waals surface area contributed by atoms with Crippen molar-refractivity contribution in [2.75, 3.05) is 6.61 Å². The monoisotopic (exact) mass is 210 g/mol. The first-order chi connectivity index (χ1) is 7.35. The number of hydrogen-bond acceptors (Lipinski definition) is 2. The van der Waals surface area contributed by atoms with Crippen LogP contribution in [0.25, 0.3) is 0 Å². The average Bonchev–Trinajstić information content (AvgIpc) is 2.76. The maximum Gasteiger partial charge on any atom is 0.158 e. The molecule has 1 saturated heterocycles. The SMILES string of the molecule is CCOC1C[C@@]23CCC[C@@H]2CCC[C@H]3O1. The molecule has 3 rings (SSSR count). The van der Waals surface area contributed by atoms with Crippen LogP contribution >= 0.6 is 0 Å². The Labute approximate surface area is 92.3 Å². The van der Waals surface area contributed by atoms with Gasteiger partial charge in [0.15, 0.2) is 6.29 Å². The van der Waals surface area contributed by atoms with E-state index in [4.69, 9.17) is 9.47 Å². The maximum atomic E-state index is 6.09. The first kappa shape index (κ1) is 10.1. The highest BCUT2D eigenvalue weighted by atomic mass is 16.7. The molecule has 0 aromatic heterocycles. The molecule has 4 atom stereocenters. The maximum absolute atomic E-state index is 6.09. The van der Waals surface area contributed by atoms with Crippen LogP contribution in [0.1, 0.15) is 51.9 Å². The summed E-state index contributed by atoms with van der Waals surface area (Å²) in [6.45, 7) is 2.85. The Hall–Kier alpha value is -0.0800. The summed E-state index contributed by atoms with van der Waals surface area (Å²) in [5, 5.41) is 0. The van der Waals surface area contributed by atoms with Gasteiger partial charge < -0.3 is 9.47 Å². The van der Waals surface area contributed by atoms with Crippen LogP contribution in [0.15, 0.2) is 0 Å². The van der Waals surface area contributed by atoms with Gasteiger partial charge in [-0.15, -0.1) is 0 Å². The van der Waals surface area contributed by atoms with Crippen molar-refractivity contribution in [3.63, 3.8) is 0 Å². The molecule has 3 aliphatic rings. The molecule has 0 N–H and O–H groups in total. The molecule has 3 fully saturated rings. The fourth-order valence-corrected chi connectivity index (χ4v) is 4.29. The highest BCUT2D eigenvalue weighted by molar-refractivity contribution is 5.03. The van der Waals surface area contributed by atoms with E-state index in [9.17, 15) is 0 Å². The second kappa shape index (κ2) is 3.74. The zero-order valence-corrected chi connectivity index (χ0v) is 9.71. The van der Waals surface area contributed by atoms with Gasteiger partial charge in [-0.3, -0.25) is 0 Å². The predicted molar refractivity (Wildman–Crippen MR) is 58.5 cm³/mol. The van der Waals surface area contributed by atoms with Gasteiger partial charge in [0, 0.05) is 18.4 Å². The van der Waals surface area contributed by atoms with Gasteiger partial charge in [0.1, 0.15) is 0 Å². The predicted octanol–water partition coefficient (Wildman–Crippen LogP) is 3.11. The largest absolute Gasteiger partial charge is 0.353 e. The van der Waals surface area contributed by atoms with Crippen molar-refractivity contribution in [3.05, 3.63) is 0 Å². The third kappa shape index (κ3) is 1.45. The topological polar surface area (TPSA) is 18.5 Å². The number of hydrogen-bond donors (Lipinski definition) is 0. The van der Waals surface area contributed by atoms with E-state index < -0.39 is 0 Å². The average molecular weight is 210 g/mol. The molecule has 1 unspecified atom stereocenters. The quantitative estimate of drug-likeness (QED) is 0.697. The fourth-order valence-electron chi connectivity index (χ4n) is 4.29. The molecule has 2 saturated carbocycles. The molecule has 1 spiro atoms. The summed E-state index contributed by atoms with van der Waals surface area (Å²) >= 11 is 0. The van der Waals surface area contributed by atoms with E-state index in [2.05, 4.69) is 6.92 Å². The van der Waals surface area contributed by atoms with Crippen LogP contribution in [0.3, 0.4) is 0 Å². The molecule has 0 aromatic rings. The third-order valence-corrected chi connectivity index (χ3v) is 4.88. The van der Waals surface area contributed by atoms with E-state index in [0.29, 0.717) is 11.5 Å². The molecule has 86 valence electrons. The molecule has 1 aliphatic heterocycles. The van der Waals surface area contributed by atoms with Crippen molar-refractivity contribution in [2.45, 2.75) is 64.3 Å². The molecule has 0 bridgehead atoms. The Kier molecular flexibility index (Phi) is 2.52. The summed E-state index contributed by atoms with van der Waals surface area (Å²) in [6.07, 6.45) is 10.2. The fraction of sp³-hybridized carbons (Fsp3) is 1.00. The van der Waals surface area contributed by atoms with Crippen LogP contribution in [-0.2, 0) is 9.47 Å². The van der Waals surface area contributed by atoms with E-state index >= 15 is 0 Å². The Balaban J connectivity index is 1.79. The van der Waals surface area contributed by atoms with Gasteiger partial charge in [-0.05, 0) is 38.5 Å². The van der Waals surface area contributed by atoms with Crippen LogP contribution in [0.5, 0.6) is 0 Å². The molecule has 15 heavy (non-hydrogen) atoms. The van der Waals surface area contributed by atoms with E-state index in [-0.39, 0.29) is 6.29 Å². The number of ether oxygens (including phenoxy) is 2. The minimum atomic E-state index is 0.110. The molecule has 1 heterocycles. The lowest BCUT2D eigenvalue weighted by Crippen LogP contribution is -2.38. The molecular formula is C13H22O2. The van der Waals surface area contributed by atoms with E-state index in [1.54, 1.807) is 0 Å². The Morgan fingerprint density at radius 3 is 3.00 bits per heavy atom. The summed E-state index contributed by atoms with van der Waals surface area (Å²) in [4.78, 5) is 0. The highest BCUT2D eigenvalue weighted by Crippen LogP contribution is 2.59. The smallest absolute Gasteiger partial charge is 0.158 e. The van der Waals surface area contributed by atoms with Gasteiger partial charge in [0.25, 0.3) is 0 Å². The molecule has 0 aromatic carbocycles. The van der Waals surface area contributed by atoms with Crippen molar-refractivity contribution in [1.82, 2.24) is 0 Å². The minimum absolute atomic E-state index is 0.110. The van der Waals surface area contributed by atoms with Crippen molar-refractivity contribution in [3.8, 4) is 0 Å². The lowest BCUT2D eigenvalue weighted by Gasteiger charge is -2.39. The van der Waals surface area contributed by atoms with E-state index in [1.807, 2.05) is 0 Å². The van der Waals surface area contributed by atoms with Crippen LogP contribution in [0.2, 0.25) is 0 Å². The summed E-state index contributed by atoms with van der Waals surface area (Å²) in [7, 11) is 0. The third-order valence-electron chi connectivity index (χ3n) is 4.88. The molecule has 0 amide bonds. The lowest BCUT2D eigenvalue weighted by atomic mass is 9.66. The summed E-state index contributed by atoms with van der Waals surface area (Å²) in [5.41, 5.74) is 0.526. The molecular weight excluding hydrogens is 188 g/mol. The Morgan fingerprint density at radius 2 is 2.13 bits per heavy atom. The van der Waals surface area contributed by atoms with Crippen LogP contribution in [-0.4, -0.2) is 19.0 Å². The normalized spacial score (nSPS) is 49.0. The van der Waals surface area contributed by atoms with E-state index in [0.717, 1.165) is 12.5 Å². The van der Waals surface area contributed by atoms with Gasteiger partial charge >= 0.3 is 0 Å². The van der Waals surface area contributed by atoms with Gasteiger partial charge in [-0.25, -0.2) is 0 Å². The second-order valence-electron chi connectivity index (χ2n) is 5.47. The van der Waals surface area contributed by atoms with Crippen LogP contribution < -0.4 is 0 Å². The van der Waals surface area contributed by atoms with Crippen molar-refractivity contribution < 1.29 is 9.47 Å².